The van der Waals surface area contributed by atoms with Gasteiger partial charge in [0, 0.05) is 5.56 Å². The third-order valence-electron chi connectivity index (χ3n) is 5.34. The summed E-state index contributed by atoms with van der Waals surface area (Å²) in [6, 6.07) is 36.2. The van der Waals surface area contributed by atoms with Gasteiger partial charge >= 0.3 is 0 Å². The summed E-state index contributed by atoms with van der Waals surface area (Å²) in [7, 11) is 0. The Kier molecular flexibility index (Phi) is 3.93. The first kappa shape index (κ1) is 16.4. The number of hydrogen-bond donors (Lipinski definition) is 0. The Morgan fingerprint density at radius 2 is 1.21 bits per heavy atom. The Morgan fingerprint density at radius 1 is 0.536 bits per heavy atom. The minimum absolute atomic E-state index is 0.932. The lowest BCUT2D eigenvalue weighted by atomic mass is 9.87. The van der Waals surface area contributed by atoms with Gasteiger partial charge in [-0.1, -0.05) is 96.9 Å². The molecule has 0 amide bonds. The highest BCUT2D eigenvalue weighted by Gasteiger charge is 2.15. The van der Waals surface area contributed by atoms with Crippen LogP contribution in [0.15, 0.2) is 103 Å². The van der Waals surface area contributed by atoms with E-state index in [1.54, 1.807) is 0 Å². The summed E-state index contributed by atoms with van der Waals surface area (Å²) in [4.78, 5) is 0. The van der Waals surface area contributed by atoms with Gasteiger partial charge in [0.25, 0.3) is 0 Å². The molecule has 5 aromatic carbocycles. The highest BCUT2D eigenvalue weighted by Crippen LogP contribution is 2.41. The molecule has 0 atom stereocenters. The van der Waals surface area contributed by atoms with Crippen LogP contribution in [0.2, 0.25) is 0 Å². The molecule has 0 bridgehead atoms. The minimum Gasteiger partial charge on any atom is -0.115 e. The fourth-order valence-corrected chi connectivity index (χ4v) is 4.08. The van der Waals surface area contributed by atoms with Crippen molar-refractivity contribution in [2.45, 2.75) is 0 Å². The summed E-state index contributed by atoms with van der Waals surface area (Å²) in [5, 5.41) is 4.77. The van der Waals surface area contributed by atoms with Crippen LogP contribution in [-0.4, -0.2) is 0 Å². The fraction of sp³-hybridized carbons (Fsp3) is 0. The second kappa shape index (κ2) is 6.72. The molecule has 0 nitrogen and oxygen atoms in total. The van der Waals surface area contributed by atoms with Crippen molar-refractivity contribution >= 4 is 21.5 Å². The lowest BCUT2D eigenvalue weighted by Gasteiger charge is -2.16. The molecule has 0 radical (unpaired) electrons. The summed E-state index contributed by atoms with van der Waals surface area (Å²) in [6.45, 7) is 0. The molecule has 0 aliphatic carbocycles. The maximum atomic E-state index is 5.82. The summed E-state index contributed by atoms with van der Waals surface area (Å²) in [5.74, 6) is 2.86. The second-order valence-electron chi connectivity index (χ2n) is 6.93. The fourth-order valence-electron chi connectivity index (χ4n) is 4.08. The third-order valence-corrected chi connectivity index (χ3v) is 5.34. The van der Waals surface area contributed by atoms with Crippen molar-refractivity contribution in [2.75, 3.05) is 0 Å². The van der Waals surface area contributed by atoms with E-state index in [0.29, 0.717) is 0 Å². The van der Waals surface area contributed by atoms with Crippen LogP contribution in [0, 0.1) is 12.3 Å². The van der Waals surface area contributed by atoms with E-state index in [9.17, 15) is 0 Å². The van der Waals surface area contributed by atoms with Crippen LogP contribution in [0.3, 0.4) is 0 Å². The van der Waals surface area contributed by atoms with Gasteiger partial charge in [0.15, 0.2) is 0 Å². The molecule has 0 saturated heterocycles. The number of benzene rings is 5. The van der Waals surface area contributed by atoms with E-state index in [2.05, 4.69) is 103 Å². The summed E-state index contributed by atoms with van der Waals surface area (Å²) in [5.41, 5.74) is 5.84. The first-order chi connectivity index (χ1) is 13.9. The van der Waals surface area contributed by atoms with Gasteiger partial charge in [-0.2, -0.15) is 0 Å². The van der Waals surface area contributed by atoms with Crippen molar-refractivity contribution in [1.29, 1.82) is 0 Å². The molecule has 0 saturated carbocycles. The Balaban J connectivity index is 1.96. The van der Waals surface area contributed by atoms with Gasteiger partial charge in [0.05, 0.1) is 0 Å². The van der Waals surface area contributed by atoms with Crippen LogP contribution < -0.4 is 0 Å². The maximum absolute atomic E-state index is 5.82. The number of terminal acetylenes is 1. The predicted molar refractivity (Wildman–Crippen MR) is 120 cm³/mol. The van der Waals surface area contributed by atoms with Gasteiger partial charge < -0.3 is 0 Å². The van der Waals surface area contributed by atoms with Crippen LogP contribution in [0.25, 0.3) is 43.8 Å². The van der Waals surface area contributed by atoms with Gasteiger partial charge in [-0.05, 0) is 55.9 Å². The summed E-state index contributed by atoms with van der Waals surface area (Å²) >= 11 is 0. The minimum atomic E-state index is 0.932. The summed E-state index contributed by atoms with van der Waals surface area (Å²) < 4.78 is 0. The van der Waals surface area contributed by atoms with Crippen molar-refractivity contribution in [3.05, 3.63) is 109 Å². The number of rotatable bonds is 2. The van der Waals surface area contributed by atoms with E-state index in [4.69, 9.17) is 6.42 Å². The van der Waals surface area contributed by atoms with E-state index in [1.165, 1.54) is 38.4 Å². The molecule has 0 heteroatoms. The molecule has 0 aromatic heterocycles. The van der Waals surface area contributed by atoms with Gasteiger partial charge in [0.1, 0.15) is 0 Å². The third kappa shape index (κ3) is 2.57. The average molecular weight is 354 g/mol. The molecule has 5 rings (SSSR count). The first-order valence-electron chi connectivity index (χ1n) is 9.43. The lowest BCUT2D eigenvalue weighted by molar-refractivity contribution is 1.61. The molecular formula is C28H18. The summed E-state index contributed by atoms with van der Waals surface area (Å²) in [6.07, 6.45) is 5.82. The molecule has 0 N–H and O–H groups in total. The van der Waals surface area contributed by atoms with Crippen LogP contribution >= 0.6 is 0 Å². The quantitative estimate of drug-likeness (QED) is 0.230. The molecule has 28 heavy (non-hydrogen) atoms. The van der Waals surface area contributed by atoms with E-state index in [-0.39, 0.29) is 0 Å². The Labute approximate surface area is 165 Å². The van der Waals surface area contributed by atoms with Crippen molar-refractivity contribution in [3.8, 4) is 34.6 Å². The molecular weight excluding hydrogens is 336 g/mol. The van der Waals surface area contributed by atoms with Crippen LogP contribution in [0.4, 0.5) is 0 Å². The normalized spacial score (nSPS) is 10.8. The smallest absolute Gasteiger partial charge is 0.0321 e. The second-order valence-corrected chi connectivity index (χ2v) is 6.93. The highest BCUT2D eigenvalue weighted by molar-refractivity contribution is 6.15. The number of fused-ring (bicyclic) bond motifs is 2. The van der Waals surface area contributed by atoms with Crippen LogP contribution in [0.5, 0.6) is 0 Å². The van der Waals surface area contributed by atoms with Crippen molar-refractivity contribution in [2.24, 2.45) is 0 Å². The molecule has 0 aliphatic heterocycles. The van der Waals surface area contributed by atoms with E-state index in [0.717, 1.165) is 10.9 Å². The maximum Gasteiger partial charge on any atom is 0.0321 e. The zero-order valence-corrected chi connectivity index (χ0v) is 15.4. The highest BCUT2D eigenvalue weighted by atomic mass is 14.2. The average Bonchev–Trinajstić information content (AvgIpc) is 2.77. The molecule has 0 aliphatic rings. The molecule has 0 spiro atoms. The lowest BCUT2D eigenvalue weighted by Crippen LogP contribution is -1.90. The molecule has 0 unspecified atom stereocenters. The van der Waals surface area contributed by atoms with Gasteiger partial charge in [-0.25, -0.2) is 0 Å². The van der Waals surface area contributed by atoms with Crippen LogP contribution in [0.1, 0.15) is 5.56 Å². The Morgan fingerprint density at radius 3 is 2.04 bits per heavy atom. The monoisotopic (exact) mass is 354 g/mol. The molecule has 0 heterocycles. The predicted octanol–water partition coefficient (Wildman–Crippen LogP) is 7.31. The van der Waals surface area contributed by atoms with Crippen molar-refractivity contribution in [1.82, 2.24) is 0 Å². The zero-order chi connectivity index (χ0) is 18.9. The van der Waals surface area contributed by atoms with Crippen LogP contribution in [-0.2, 0) is 0 Å². The molecule has 5 aromatic rings. The van der Waals surface area contributed by atoms with Crippen molar-refractivity contribution < 1.29 is 0 Å². The first-order valence-corrected chi connectivity index (χ1v) is 9.43. The Hall–Kier alpha value is -3.82. The van der Waals surface area contributed by atoms with E-state index < -0.39 is 0 Å². The van der Waals surface area contributed by atoms with E-state index in [1.807, 2.05) is 6.07 Å². The van der Waals surface area contributed by atoms with Gasteiger partial charge in [-0.15, -0.1) is 6.42 Å². The van der Waals surface area contributed by atoms with Gasteiger partial charge in [-0.3, -0.25) is 0 Å². The largest absolute Gasteiger partial charge is 0.115 e. The molecule has 130 valence electrons. The van der Waals surface area contributed by atoms with Crippen molar-refractivity contribution in [3.63, 3.8) is 0 Å². The van der Waals surface area contributed by atoms with E-state index >= 15 is 0 Å². The number of hydrogen-bond acceptors (Lipinski definition) is 0. The standard InChI is InChI=1S/C28H18/c1-2-20-14-10-18-26-27(20)19-22-13-6-7-16-24(22)28(26)25-17-9-8-15-23(25)21-11-4-3-5-12-21/h1,3-19H. The topological polar surface area (TPSA) is 0 Å². The zero-order valence-electron chi connectivity index (χ0n) is 15.4. The van der Waals surface area contributed by atoms with Gasteiger partial charge in [0.2, 0.25) is 0 Å². The SMILES string of the molecule is C#Cc1cccc2c(-c3ccccc3-c3ccccc3)c3ccccc3cc12. The Bertz CT molecular complexity index is 1350. The molecule has 0 fully saturated rings.